The van der Waals surface area contributed by atoms with Crippen molar-refractivity contribution in [3.05, 3.63) is 54.1 Å². The van der Waals surface area contributed by atoms with E-state index in [2.05, 4.69) is 10.6 Å². The molecule has 7 heteroatoms. The first-order valence-electron chi connectivity index (χ1n) is 10.6. The van der Waals surface area contributed by atoms with Gasteiger partial charge in [0.25, 0.3) is 5.91 Å². The lowest BCUT2D eigenvalue weighted by molar-refractivity contribution is -0.122. The SMILES string of the molecule is CCCOc1ccc(N2C[C@H](C(=O)Nc3ccccc3C(=O)NC(C)C)CC2=O)cc1. The number of rotatable bonds is 8. The number of ether oxygens (including phenoxy) is 1. The van der Waals surface area contributed by atoms with Gasteiger partial charge in [-0.3, -0.25) is 14.4 Å². The van der Waals surface area contributed by atoms with Crippen molar-refractivity contribution in [2.24, 2.45) is 5.92 Å². The van der Waals surface area contributed by atoms with Crippen LogP contribution < -0.4 is 20.3 Å². The molecule has 7 nitrogen and oxygen atoms in total. The molecule has 0 saturated carbocycles. The third kappa shape index (κ3) is 5.63. The second-order valence-corrected chi connectivity index (χ2v) is 7.91. The molecule has 2 aromatic rings. The summed E-state index contributed by atoms with van der Waals surface area (Å²) in [5.74, 6) is -0.371. The summed E-state index contributed by atoms with van der Waals surface area (Å²) in [6, 6.07) is 14.2. The summed E-state index contributed by atoms with van der Waals surface area (Å²) in [5, 5.41) is 5.67. The van der Waals surface area contributed by atoms with Gasteiger partial charge in [0.1, 0.15) is 5.75 Å². The van der Waals surface area contributed by atoms with Gasteiger partial charge in [-0.2, -0.15) is 0 Å². The topological polar surface area (TPSA) is 87.7 Å². The Balaban J connectivity index is 1.67. The number of hydrogen-bond donors (Lipinski definition) is 2. The summed E-state index contributed by atoms with van der Waals surface area (Å²) in [5.41, 5.74) is 1.57. The average molecular weight is 424 g/mol. The number of benzene rings is 2. The average Bonchev–Trinajstić information content (AvgIpc) is 3.14. The molecule has 0 aliphatic carbocycles. The van der Waals surface area contributed by atoms with Gasteiger partial charge in [-0.1, -0.05) is 19.1 Å². The van der Waals surface area contributed by atoms with Crippen LogP contribution >= 0.6 is 0 Å². The van der Waals surface area contributed by atoms with Crippen molar-refractivity contribution in [2.45, 2.75) is 39.7 Å². The van der Waals surface area contributed by atoms with Gasteiger partial charge in [-0.15, -0.1) is 0 Å². The largest absolute Gasteiger partial charge is 0.494 e. The molecule has 0 unspecified atom stereocenters. The van der Waals surface area contributed by atoms with Crippen LogP contribution in [0.5, 0.6) is 5.75 Å². The molecule has 1 aliphatic heterocycles. The van der Waals surface area contributed by atoms with Crippen LogP contribution in [0.15, 0.2) is 48.5 Å². The Morgan fingerprint density at radius 2 is 1.84 bits per heavy atom. The number of nitrogens with one attached hydrogen (secondary N) is 2. The maximum absolute atomic E-state index is 12.9. The van der Waals surface area contributed by atoms with Crippen LogP contribution in [-0.2, 0) is 9.59 Å². The van der Waals surface area contributed by atoms with E-state index >= 15 is 0 Å². The van der Waals surface area contributed by atoms with Gasteiger partial charge in [-0.05, 0) is 56.7 Å². The van der Waals surface area contributed by atoms with Crippen LogP contribution in [0.4, 0.5) is 11.4 Å². The smallest absolute Gasteiger partial charge is 0.253 e. The van der Waals surface area contributed by atoms with Crippen LogP contribution in [0, 0.1) is 5.92 Å². The minimum absolute atomic E-state index is 0.0176. The monoisotopic (exact) mass is 423 g/mol. The maximum Gasteiger partial charge on any atom is 0.253 e. The van der Waals surface area contributed by atoms with Gasteiger partial charge in [-0.25, -0.2) is 0 Å². The molecule has 2 N–H and O–H groups in total. The molecule has 31 heavy (non-hydrogen) atoms. The summed E-state index contributed by atoms with van der Waals surface area (Å²) in [7, 11) is 0. The molecular weight excluding hydrogens is 394 g/mol. The van der Waals surface area contributed by atoms with E-state index in [-0.39, 0.29) is 30.2 Å². The Hall–Kier alpha value is -3.35. The molecule has 1 aliphatic rings. The van der Waals surface area contributed by atoms with E-state index in [1.165, 1.54) is 0 Å². The fraction of sp³-hybridized carbons (Fsp3) is 0.375. The standard InChI is InChI=1S/C24H29N3O4/c1-4-13-31-19-11-9-18(10-12-19)27-15-17(14-22(27)28)23(29)26-21-8-6-5-7-20(21)24(30)25-16(2)3/h5-12,16-17H,4,13-15H2,1-3H3,(H,25,30)(H,26,29)/t17-/m1/s1. The zero-order valence-electron chi connectivity index (χ0n) is 18.2. The van der Waals surface area contributed by atoms with Gasteiger partial charge in [0.15, 0.2) is 0 Å². The maximum atomic E-state index is 12.9. The highest BCUT2D eigenvalue weighted by Gasteiger charge is 2.35. The summed E-state index contributed by atoms with van der Waals surface area (Å²) < 4.78 is 5.58. The molecular formula is C24H29N3O4. The molecule has 1 atom stereocenters. The van der Waals surface area contributed by atoms with Gasteiger partial charge in [0.2, 0.25) is 11.8 Å². The molecule has 0 spiro atoms. The lowest BCUT2D eigenvalue weighted by Gasteiger charge is -2.18. The van der Waals surface area contributed by atoms with Crippen molar-refractivity contribution in [1.82, 2.24) is 5.32 Å². The van der Waals surface area contributed by atoms with Crippen LogP contribution in [0.2, 0.25) is 0 Å². The number of nitrogens with zero attached hydrogens (tertiary/aromatic N) is 1. The molecule has 0 bridgehead atoms. The van der Waals surface area contributed by atoms with E-state index in [0.29, 0.717) is 24.4 Å². The van der Waals surface area contributed by atoms with Crippen molar-refractivity contribution in [3.63, 3.8) is 0 Å². The number of hydrogen-bond acceptors (Lipinski definition) is 4. The second kappa shape index (κ2) is 10.1. The number of carbonyl (C=O) groups is 3. The van der Waals surface area contributed by atoms with Gasteiger partial charge in [0, 0.05) is 24.7 Å². The quantitative estimate of drug-likeness (QED) is 0.679. The first-order valence-corrected chi connectivity index (χ1v) is 10.6. The van der Waals surface area contributed by atoms with Gasteiger partial charge >= 0.3 is 0 Å². The molecule has 3 amide bonds. The summed E-state index contributed by atoms with van der Waals surface area (Å²) >= 11 is 0. The van der Waals surface area contributed by atoms with Crippen LogP contribution in [-0.4, -0.2) is 36.9 Å². The van der Waals surface area contributed by atoms with Crippen molar-refractivity contribution < 1.29 is 19.1 Å². The van der Waals surface area contributed by atoms with E-state index < -0.39 is 5.92 Å². The molecule has 1 heterocycles. The predicted octanol–water partition coefficient (Wildman–Crippen LogP) is 3.61. The fourth-order valence-corrected chi connectivity index (χ4v) is 3.44. The fourth-order valence-electron chi connectivity index (χ4n) is 3.44. The third-order valence-corrected chi connectivity index (χ3v) is 4.97. The zero-order valence-corrected chi connectivity index (χ0v) is 18.2. The Kier molecular flexibility index (Phi) is 7.28. The molecule has 1 saturated heterocycles. The predicted molar refractivity (Wildman–Crippen MR) is 120 cm³/mol. The van der Waals surface area contributed by atoms with Crippen LogP contribution in [0.25, 0.3) is 0 Å². The van der Waals surface area contributed by atoms with Crippen molar-refractivity contribution >= 4 is 29.1 Å². The van der Waals surface area contributed by atoms with E-state index in [0.717, 1.165) is 17.9 Å². The molecule has 164 valence electrons. The van der Waals surface area contributed by atoms with Gasteiger partial charge < -0.3 is 20.3 Å². The normalized spacial score (nSPS) is 15.8. The Morgan fingerprint density at radius 1 is 1.13 bits per heavy atom. The lowest BCUT2D eigenvalue weighted by atomic mass is 10.1. The van der Waals surface area contributed by atoms with E-state index in [4.69, 9.17) is 4.74 Å². The zero-order chi connectivity index (χ0) is 22.4. The first kappa shape index (κ1) is 22.3. The van der Waals surface area contributed by atoms with Gasteiger partial charge in [0.05, 0.1) is 23.8 Å². The summed E-state index contributed by atoms with van der Waals surface area (Å²) in [6.07, 6.45) is 1.05. The number of amides is 3. The number of carbonyl (C=O) groups excluding carboxylic acids is 3. The molecule has 0 aromatic heterocycles. The van der Waals surface area contributed by atoms with Crippen molar-refractivity contribution in [3.8, 4) is 5.75 Å². The highest BCUT2D eigenvalue weighted by Crippen LogP contribution is 2.28. The van der Waals surface area contributed by atoms with Crippen LogP contribution in [0.1, 0.15) is 44.0 Å². The highest BCUT2D eigenvalue weighted by atomic mass is 16.5. The molecule has 2 aromatic carbocycles. The van der Waals surface area contributed by atoms with E-state index in [1.807, 2.05) is 45.0 Å². The Labute approximate surface area is 182 Å². The first-order chi connectivity index (χ1) is 14.9. The molecule has 1 fully saturated rings. The summed E-state index contributed by atoms with van der Waals surface area (Å²) in [4.78, 5) is 39.5. The molecule has 0 radical (unpaired) electrons. The Morgan fingerprint density at radius 3 is 2.52 bits per heavy atom. The minimum atomic E-state index is -0.496. The number of para-hydroxylation sites is 1. The Bertz CT molecular complexity index is 940. The third-order valence-electron chi connectivity index (χ3n) is 4.97. The second-order valence-electron chi connectivity index (χ2n) is 7.91. The van der Waals surface area contributed by atoms with Crippen molar-refractivity contribution in [1.29, 1.82) is 0 Å². The molecule has 3 rings (SSSR count). The van der Waals surface area contributed by atoms with E-state index in [1.54, 1.807) is 29.2 Å². The van der Waals surface area contributed by atoms with Crippen molar-refractivity contribution in [2.75, 3.05) is 23.4 Å². The summed E-state index contributed by atoms with van der Waals surface area (Å²) in [6.45, 7) is 6.72. The minimum Gasteiger partial charge on any atom is -0.494 e. The van der Waals surface area contributed by atoms with Crippen LogP contribution in [0.3, 0.4) is 0 Å². The van der Waals surface area contributed by atoms with E-state index in [9.17, 15) is 14.4 Å². The number of anilines is 2. The highest BCUT2D eigenvalue weighted by molar-refractivity contribution is 6.07. The lowest BCUT2D eigenvalue weighted by Crippen LogP contribution is -2.32.